The summed E-state index contributed by atoms with van der Waals surface area (Å²) in [6.45, 7) is 0. The van der Waals surface area contributed by atoms with Crippen molar-refractivity contribution in [3.63, 3.8) is 0 Å². The Morgan fingerprint density at radius 1 is 1.10 bits per heavy atom. The highest BCUT2D eigenvalue weighted by Gasteiger charge is 2.32. The van der Waals surface area contributed by atoms with Crippen molar-refractivity contribution >= 4 is 5.69 Å². The van der Waals surface area contributed by atoms with Gasteiger partial charge >= 0.3 is 6.36 Å². The molecule has 0 saturated heterocycles. The molecule has 2 N–H and O–H groups in total. The Morgan fingerprint density at radius 3 is 2.55 bits per heavy atom. The van der Waals surface area contributed by atoms with Crippen molar-refractivity contribution in [2.75, 3.05) is 5.32 Å². The molecule has 0 bridgehead atoms. The third kappa shape index (κ3) is 4.30. The molecule has 1 aromatic carbocycles. The van der Waals surface area contributed by atoms with Gasteiger partial charge in [0.1, 0.15) is 0 Å². The summed E-state index contributed by atoms with van der Waals surface area (Å²) >= 11 is 0. The zero-order chi connectivity index (χ0) is 14.6. The predicted octanol–water partition coefficient (Wildman–Crippen LogP) is 3.69. The third-order valence-corrected chi connectivity index (χ3v) is 3.43. The fourth-order valence-corrected chi connectivity index (χ4v) is 2.46. The first kappa shape index (κ1) is 15.0. The molecule has 0 spiro atoms. The van der Waals surface area contributed by atoms with Gasteiger partial charge in [-0.3, -0.25) is 0 Å². The summed E-state index contributed by atoms with van der Waals surface area (Å²) in [6.07, 6.45) is -0.926. The van der Waals surface area contributed by atoms with Crippen molar-refractivity contribution < 1.29 is 23.0 Å². The van der Waals surface area contributed by atoms with Crippen LogP contribution in [0.5, 0.6) is 5.75 Å². The van der Waals surface area contributed by atoms with Crippen LogP contribution in [-0.4, -0.2) is 23.6 Å². The van der Waals surface area contributed by atoms with Crippen LogP contribution in [0.25, 0.3) is 0 Å². The van der Waals surface area contributed by atoms with Crippen molar-refractivity contribution in [3.8, 4) is 5.75 Å². The van der Waals surface area contributed by atoms with Gasteiger partial charge < -0.3 is 15.2 Å². The standard InChI is InChI=1S/C14H18F3NO2/c15-14(16,17)20-13-9-5-4-7-11(13)18-10-6-2-1-3-8-12(10)19/h4-5,7,9-10,12,18-19H,1-3,6,8H2. The van der Waals surface area contributed by atoms with Gasteiger partial charge in [-0.1, -0.05) is 31.4 Å². The van der Waals surface area contributed by atoms with Crippen LogP contribution >= 0.6 is 0 Å². The summed E-state index contributed by atoms with van der Waals surface area (Å²) in [7, 11) is 0. The smallest absolute Gasteiger partial charge is 0.404 e. The van der Waals surface area contributed by atoms with Gasteiger partial charge in [-0.05, 0) is 25.0 Å². The van der Waals surface area contributed by atoms with Gasteiger partial charge in [0.05, 0.1) is 17.8 Å². The molecule has 1 aromatic rings. The maximum atomic E-state index is 12.3. The average Bonchev–Trinajstić information content (AvgIpc) is 2.56. The third-order valence-electron chi connectivity index (χ3n) is 3.43. The topological polar surface area (TPSA) is 41.5 Å². The van der Waals surface area contributed by atoms with E-state index in [1.807, 2.05) is 0 Å². The molecule has 2 atom stereocenters. The molecule has 1 aliphatic rings. The van der Waals surface area contributed by atoms with E-state index in [0.717, 1.165) is 25.7 Å². The second-order valence-electron chi connectivity index (χ2n) is 5.00. The first-order chi connectivity index (χ1) is 9.46. The molecular weight excluding hydrogens is 271 g/mol. The molecule has 112 valence electrons. The van der Waals surface area contributed by atoms with Crippen LogP contribution in [0, 0.1) is 0 Å². The number of anilines is 1. The predicted molar refractivity (Wildman–Crippen MR) is 69.6 cm³/mol. The zero-order valence-corrected chi connectivity index (χ0v) is 11.0. The van der Waals surface area contributed by atoms with Crippen LogP contribution in [0.15, 0.2) is 24.3 Å². The molecule has 6 heteroatoms. The molecule has 1 fully saturated rings. The van der Waals surface area contributed by atoms with E-state index in [1.165, 1.54) is 18.2 Å². The van der Waals surface area contributed by atoms with E-state index in [1.54, 1.807) is 6.07 Å². The highest BCUT2D eigenvalue weighted by atomic mass is 19.4. The normalized spacial score (nSPS) is 24.0. The number of hydrogen-bond acceptors (Lipinski definition) is 3. The van der Waals surface area contributed by atoms with Crippen LogP contribution in [0.2, 0.25) is 0 Å². The van der Waals surface area contributed by atoms with E-state index in [4.69, 9.17) is 0 Å². The lowest BCUT2D eigenvalue weighted by Gasteiger charge is -2.24. The molecule has 20 heavy (non-hydrogen) atoms. The second kappa shape index (κ2) is 6.35. The molecule has 1 aliphatic carbocycles. The van der Waals surface area contributed by atoms with Crippen molar-refractivity contribution in [2.45, 2.75) is 50.6 Å². The second-order valence-corrected chi connectivity index (χ2v) is 5.00. The molecule has 2 unspecified atom stereocenters. The van der Waals surface area contributed by atoms with E-state index in [2.05, 4.69) is 10.1 Å². The first-order valence-corrected chi connectivity index (χ1v) is 6.75. The molecule has 3 nitrogen and oxygen atoms in total. The van der Waals surface area contributed by atoms with Gasteiger partial charge in [0.15, 0.2) is 5.75 Å². The maximum Gasteiger partial charge on any atom is 0.573 e. The van der Waals surface area contributed by atoms with E-state index >= 15 is 0 Å². The zero-order valence-electron chi connectivity index (χ0n) is 11.0. The molecule has 0 aromatic heterocycles. The Morgan fingerprint density at radius 2 is 1.80 bits per heavy atom. The van der Waals surface area contributed by atoms with Crippen molar-refractivity contribution in [3.05, 3.63) is 24.3 Å². The highest BCUT2D eigenvalue weighted by molar-refractivity contribution is 5.57. The number of aliphatic hydroxyl groups excluding tert-OH is 1. The lowest BCUT2D eigenvalue weighted by Crippen LogP contribution is -2.32. The highest BCUT2D eigenvalue weighted by Crippen LogP contribution is 2.32. The molecule has 2 rings (SSSR count). The van der Waals surface area contributed by atoms with E-state index in [-0.39, 0.29) is 17.5 Å². The van der Waals surface area contributed by atoms with Gasteiger partial charge in [-0.25, -0.2) is 0 Å². The minimum absolute atomic E-state index is 0.240. The number of hydrogen-bond donors (Lipinski definition) is 2. The summed E-state index contributed by atoms with van der Waals surface area (Å²) in [5.74, 6) is -0.267. The van der Waals surface area contributed by atoms with E-state index < -0.39 is 12.5 Å². The number of halogens is 3. The summed E-state index contributed by atoms with van der Waals surface area (Å²) < 4.78 is 41.0. The maximum absolute atomic E-state index is 12.3. The molecular formula is C14H18F3NO2. The summed E-state index contributed by atoms with van der Waals surface area (Å²) in [4.78, 5) is 0. The number of ether oxygens (including phenoxy) is 1. The van der Waals surface area contributed by atoms with E-state index in [9.17, 15) is 18.3 Å². The van der Waals surface area contributed by atoms with Gasteiger partial charge in [-0.15, -0.1) is 13.2 Å². The van der Waals surface area contributed by atoms with Gasteiger partial charge in [0.25, 0.3) is 0 Å². The van der Waals surface area contributed by atoms with Crippen LogP contribution in [0.1, 0.15) is 32.1 Å². The summed E-state index contributed by atoms with van der Waals surface area (Å²) in [6, 6.07) is 5.66. The SMILES string of the molecule is OC1CCCCCC1Nc1ccccc1OC(F)(F)F. The van der Waals surface area contributed by atoms with Crippen LogP contribution in [0.3, 0.4) is 0 Å². The average molecular weight is 289 g/mol. The van der Waals surface area contributed by atoms with Gasteiger partial charge in [0.2, 0.25) is 0 Å². The lowest BCUT2D eigenvalue weighted by atomic mass is 10.1. The van der Waals surface area contributed by atoms with Crippen molar-refractivity contribution in [2.24, 2.45) is 0 Å². The number of para-hydroxylation sites is 2. The van der Waals surface area contributed by atoms with Crippen LogP contribution in [-0.2, 0) is 0 Å². The Labute approximate surface area is 115 Å². The fourth-order valence-electron chi connectivity index (χ4n) is 2.46. The number of benzene rings is 1. The minimum atomic E-state index is -4.72. The van der Waals surface area contributed by atoms with Crippen molar-refractivity contribution in [1.82, 2.24) is 0 Å². The van der Waals surface area contributed by atoms with E-state index in [0.29, 0.717) is 6.42 Å². The quantitative estimate of drug-likeness (QED) is 0.834. The lowest BCUT2D eigenvalue weighted by molar-refractivity contribution is -0.274. The summed E-state index contributed by atoms with van der Waals surface area (Å²) in [5.41, 5.74) is 0.260. The van der Waals surface area contributed by atoms with Gasteiger partial charge in [-0.2, -0.15) is 0 Å². The van der Waals surface area contributed by atoms with Crippen LogP contribution in [0.4, 0.5) is 18.9 Å². The molecule has 0 radical (unpaired) electrons. The fraction of sp³-hybridized carbons (Fsp3) is 0.571. The largest absolute Gasteiger partial charge is 0.573 e. The molecule has 0 heterocycles. The first-order valence-electron chi connectivity index (χ1n) is 6.75. The minimum Gasteiger partial charge on any atom is -0.404 e. The van der Waals surface area contributed by atoms with Gasteiger partial charge in [0, 0.05) is 0 Å². The number of nitrogens with one attached hydrogen (secondary N) is 1. The Balaban J connectivity index is 2.11. The van der Waals surface area contributed by atoms with Crippen molar-refractivity contribution in [1.29, 1.82) is 0 Å². The molecule has 1 saturated carbocycles. The molecule has 0 amide bonds. The Kier molecular flexibility index (Phi) is 4.75. The summed E-state index contributed by atoms with van der Waals surface area (Å²) in [5, 5.41) is 13.0. The Bertz CT molecular complexity index is 437. The number of alkyl halides is 3. The van der Waals surface area contributed by atoms with Crippen LogP contribution < -0.4 is 10.1 Å². The Hall–Kier alpha value is -1.43. The number of aliphatic hydroxyl groups is 1. The monoisotopic (exact) mass is 289 g/mol. The molecule has 0 aliphatic heterocycles. The number of rotatable bonds is 3.